The Morgan fingerprint density at radius 1 is 1.24 bits per heavy atom. The van der Waals surface area contributed by atoms with Crippen LogP contribution in [0, 0.1) is 19.8 Å². The van der Waals surface area contributed by atoms with Crippen molar-refractivity contribution in [2.75, 3.05) is 20.1 Å². The van der Waals surface area contributed by atoms with Crippen LogP contribution in [0.5, 0.6) is 0 Å². The van der Waals surface area contributed by atoms with E-state index in [2.05, 4.69) is 17.6 Å². The zero-order valence-corrected chi connectivity index (χ0v) is 11.1. The van der Waals surface area contributed by atoms with E-state index in [0.717, 1.165) is 17.7 Å². The van der Waals surface area contributed by atoms with Crippen LogP contribution in [0.2, 0.25) is 0 Å². The predicted octanol–water partition coefficient (Wildman–Crippen LogP) is 1.89. The van der Waals surface area contributed by atoms with E-state index in [0.29, 0.717) is 12.5 Å². The highest BCUT2D eigenvalue weighted by Gasteiger charge is 2.08. The van der Waals surface area contributed by atoms with Crippen molar-refractivity contribution in [3.8, 4) is 0 Å². The maximum atomic E-state index is 11.9. The molecule has 17 heavy (non-hydrogen) atoms. The minimum atomic E-state index is 0.0102. The maximum absolute atomic E-state index is 11.9. The standard InChI is InChI=1S/C14H22N2O/c1-10(8-15-4)9-16-14(17)13-6-5-11(2)12(3)7-13/h5-7,10,15H,8-9H2,1-4H3,(H,16,17). The number of benzene rings is 1. The van der Waals surface area contributed by atoms with Gasteiger partial charge in [-0.15, -0.1) is 0 Å². The van der Waals surface area contributed by atoms with Crippen LogP contribution in [0.3, 0.4) is 0 Å². The molecule has 0 aliphatic carbocycles. The Morgan fingerprint density at radius 2 is 1.94 bits per heavy atom. The highest BCUT2D eigenvalue weighted by Crippen LogP contribution is 2.09. The molecule has 1 aromatic carbocycles. The quantitative estimate of drug-likeness (QED) is 0.817. The van der Waals surface area contributed by atoms with Crippen LogP contribution in [-0.4, -0.2) is 26.0 Å². The highest BCUT2D eigenvalue weighted by atomic mass is 16.1. The van der Waals surface area contributed by atoms with E-state index in [1.165, 1.54) is 5.56 Å². The lowest BCUT2D eigenvalue weighted by Crippen LogP contribution is -2.32. The Labute approximate surface area is 104 Å². The van der Waals surface area contributed by atoms with Crippen molar-refractivity contribution in [2.24, 2.45) is 5.92 Å². The van der Waals surface area contributed by atoms with Gasteiger partial charge in [-0.25, -0.2) is 0 Å². The molecule has 0 aliphatic heterocycles. The summed E-state index contributed by atoms with van der Waals surface area (Å²) in [6.45, 7) is 7.79. The van der Waals surface area contributed by atoms with Crippen LogP contribution >= 0.6 is 0 Å². The van der Waals surface area contributed by atoms with Gasteiger partial charge in [-0.3, -0.25) is 4.79 Å². The average Bonchev–Trinajstić information content (AvgIpc) is 2.30. The van der Waals surface area contributed by atoms with Crippen LogP contribution in [0.25, 0.3) is 0 Å². The minimum Gasteiger partial charge on any atom is -0.352 e. The third kappa shape index (κ3) is 4.19. The molecule has 1 unspecified atom stereocenters. The summed E-state index contributed by atoms with van der Waals surface area (Å²) in [5, 5.41) is 6.05. The summed E-state index contributed by atoms with van der Waals surface area (Å²) in [6.07, 6.45) is 0. The second-order valence-corrected chi connectivity index (χ2v) is 4.67. The molecule has 3 nitrogen and oxygen atoms in total. The predicted molar refractivity (Wildman–Crippen MR) is 71.3 cm³/mol. The SMILES string of the molecule is CNCC(C)CNC(=O)c1ccc(C)c(C)c1. The van der Waals surface area contributed by atoms with Gasteiger partial charge >= 0.3 is 0 Å². The first kappa shape index (κ1) is 13.7. The van der Waals surface area contributed by atoms with Crippen molar-refractivity contribution in [3.63, 3.8) is 0 Å². The first-order valence-electron chi connectivity index (χ1n) is 6.04. The molecule has 0 saturated heterocycles. The molecule has 1 aromatic rings. The number of nitrogens with one attached hydrogen (secondary N) is 2. The molecule has 1 rings (SSSR count). The van der Waals surface area contributed by atoms with E-state index in [4.69, 9.17) is 0 Å². The van der Waals surface area contributed by atoms with Crippen LogP contribution < -0.4 is 10.6 Å². The third-order valence-corrected chi connectivity index (χ3v) is 2.93. The number of rotatable bonds is 5. The second kappa shape index (κ2) is 6.40. The van der Waals surface area contributed by atoms with Gasteiger partial charge in [-0.1, -0.05) is 13.0 Å². The molecular weight excluding hydrogens is 212 g/mol. The van der Waals surface area contributed by atoms with Crippen LogP contribution in [0.15, 0.2) is 18.2 Å². The van der Waals surface area contributed by atoms with Gasteiger partial charge in [-0.05, 0) is 56.6 Å². The summed E-state index contributed by atoms with van der Waals surface area (Å²) in [6, 6.07) is 5.80. The van der Waals surface area contributed by atoms with Crippen LogP contribution in [0.1, 0.15) is 28.4 Å². The number of hydrogen-bond donors (Lipinski definition) is 2. The highest BCUT2D eigenvalue weighted by molar-refractivity contribution is 5.94. The molecule has 3 heteroatoms. The van der Waals surface area contributed by atoms with Crippen molar-refractivity contribution in [1.82, 2.24) is 10.6 Å². The molecule has 0 aliphatic rings. The Bertz CT molecular complexity index is 388. The third-order valence-electron chi connectivity index (χ3n) is 2.93. The molecule has 0 aromatic heterocycles. The zero-order valence-electron chi connectivity index (χ0n) is 11.1. The van der Waals surface area contributed by atoms with E-state index in [9.17, 15) is 4.79 Å². The van der Waals surface area contributed by atoms with Gasteiger partial charge in [0.05, 0.1) is 0 Å². The van der Waals surface area contributed by atoms with Gasteiger partial charge in [0.25, 0.3) is 5.91 Å². The first-order valence-corrected chi connectivity index (χ1v) is 6.04. The fourth-order valence-electron chi connectivity index (χ4n) is 1.67. The van der Waals surface area contributed by atoms with Gasteiger partial charge in [-0.2, -0.15) is 0 Å². The van der Waals surface area contributed by atoms with Crippen molar-refractivity contribution in [3.05, 3.63) is 34.9 Å². The maximum Gasteiger partial charge on any atom is 0.251 e. The summed E-state index contributed by atoms with van der Waals surface area (Å²) in [5.74, 6) is 0.451. The van der Waals surface area contributed by atoms with E-state index in [-0.39, 0.29) is 5.91 Å². The number of aryl methyl sites for hydroxylation is 2. The van der Waals surface area contributed by atoms with Crippen LogP contribution in [-0.2, 0) is 0 Å². The summed E-state index contributed by atoms with van der Waals surface area (Å²) in [7, 11) is 1.92. The summed E-state index contributed by atoms with van der Waals surface area (Å²) in [5.41, 5.74) is 3.11. The van der Waals surface area contributed by atoms with Crippen molar-refractivity contribution < 1.29 is 4.79 Å². The molecule has 2 N–H and O–H groups in total. The molecule has 0 heterocycles. The fraction of sp³-hybridized carbons (Fsp3) is 0.500. The lowest BCUT2D eigenvalue weighted by atomic mass is 10.1. The van der Waals surface area contributed by atoms with Crippen LogP contribution in [0.4, 0.5) is 0 Å². The largest absolute Gasteiger partial charge is 0.352 e. The smallest absolute Gasteiger partial charge is 0.251 e. The number of hydrogen-bond acceptors (Lipinski definition) is 2. The Hall–Kier alpha value is -1.35. The van der Waals surface area contributed by atoms with Crippen molar-refractivity contribution in [1.29, 1.82) is 0 Å². The molecule has 94 valence electrons. The van der Waals surface area contributed by atoms with E-state index >= 15 is 0 Å². The molecule has 0 fully saturated rings. The summed E-state index contributed by atoms with van der Waals surface area (Å²) >= 11 is 0. The Kier molecular flexibility index (Phi) is 5.16. The number of carbonyl (C=O) groups is 1. The second-order valence-electron chi connectivity index (χ2n) is 4.67. The van der Waals surface area contributed by atoms with Crippen molar-refractivity contribution in [2.45, 2.75) is 20.8 Å². The Morgan fingerprint density at radius 3 is 2.53 bits per heavy atom. The van der Waals surface area contributed by atoms with Gasteiger partial charge < -0.3 is 10.6 Å². The molecule has 0 saturated carbocycles. The van der Waals surface area contributed by atoms with E-state index < -0.39 is 0 Å². The van der Waals surface area contributed by atoms with Crippen molar-refractivity contribution >= 4 is 5.91 Å². The molecule has 1 amide bonds. The van der Waals surface area contributed by atoms with Gasteiger partial charge in [0, 0.05) is 12.1 Å². The average molecular weight is 234 g/mol. The van der Waals surface area contributed by atoms with E-state index in [1.807, 2.05) is 39.1 Å². The molecule has 0 bridgehead atoms. The summed E-state index contributed by atoms with van der Waals surface area (Å²) < 4.78 is 0. The van der Waals surface area contributed by atoms with Gasteiger partial charge in [0.1, 0.15) is 0 Å². The minimum absolute atomic E-state index is 0.0102. The monoisotopic (exact) mass is 234 g/mol. The Balaban J connectivity index is 2.55. The lowest BCUT2D eigenvalue weighted by molar-refractivity contribution is 0.0948. The van der Waals surface area contributed by atoms with Gasteiger partial charge in [0.15, 0.2) is 0 Å². The molecular formula is C14H22N2O. The number of amides is 1. The first-order chi connectivity index (χ1) is 8.04. The van der Waals surface area contributed by atoms with Gasteiger partial charge in [0.2, 0.25) is 0 Å². The number of carbonyl (C=O) groups excluding carboxylic acids is 1. The molecule has 0 spiro atoms. The zero-order chi connectivity index (χ0) is 12.8. The summed E-state index contributed by atoms with van der Waals surface area (Å²) in [4.78, 5) is 11.9. The topological polar surface area (TPSA) is 41.1 Å². The molecule has 1 atom stereocenters. The van der Waals surface area contributed by atoms with E-state index in [1.54, 1.807) is 0 Å². The fourth-order valence-corrected chi connectivity index (χ4v) is 1.67. The normalized spacial score (nSPS) is 12.2. The molecule has 0 radical (unpaired) electrons. The lowest BCUT2D eigenvalue weighted by Gasteiger charge is -2.12.